The Labute approximate surface area is 183 Å². The molecule has 0 saturated heterocycles. The maximum absolute atomic E-state index is 10.8. The Morgan fingerprint density at radius 1 is 0.583 bits per heavy atom. The summed E-state index contributed by atoms with van der Waals surface area (Å²) in [5, 5.41) is 7.58. The monoisotopic (exact) mass is 386 g/mol. The average molecular weight is 386 g/mol. The van der Waals surface area contributed by atoms with Gasteiger partial charge in [0.05, 0.1) is 21.2 Å². The molecule has 0 amide bonds. The summed E-state index contributed by atoms with van der Waals surface area (Å²) in [7, 11) is -9.03. The summed E-state index contributed by atoms with van der Waals surface area (Å²) >= 11 is 0. The van der Waals surface area contributed by atoms with E-state index >= 15 is 0 Å². The Balaban J connectivity index is 0.00000264. The Hall–Kier alpha value is -0.140. The molecule has 0 fully saturated rings. The van der Waals surface area contributed by atoms with Gasteiger partial charge in [-0.1, -0.05) is 0 Å². The van der Waals surface area contributed by atoms with Gasteiger partial charge in [-0.3, -0.25) is 0 Å². The van der Waals surface area contributed by atoms with E-state index in [-0.39, 0.29) is 68.9 Å². The summed E-state index contributed by atoms with van der Waals surface area (Å²) in [6.45, 7) is 0. The van der Waals surface area contributed by atoms with Crippen LogP contribution in [0, 0.1) is 0 Å². The van der Waals surface area contributed by atoms with Gasteiger partial charge in [0.25, 0.3) is 0 Å². The number of azo groups is 1. The van der Waals surface area contributed by atoms with Gasteiger partial charge in [-0.05, 0) is 48.5 Å². The summed E-state index contributed by atoms with van der Waals surface area (Å²) < 4.78 is 64.5. The summed E-state index contributed by atoms with van der Waals surface area (Å²) in [5.74, 6) is 0. The molecule has 0 aliphatic heterocycles. The summed E-state index contributed by atoms with van der Waals surface area (Å²) in [4.78, 5) is -0.757. The zero-order chi connectivity index (χ0) is 16.4. The first-order valence-electron chi connectivity index (χ1n) is 5.70. The second-order valence-electron chi connectivity index (χ2n) is 4.10. The Kier molecular flexibility index (Phi) is 9.47. The van der Waals surface area contributed by atoms with Crippen molar-refractivity contribution in [2.45, 2.75) is 9.79 Å². The maximum Gasteiger partial charge on any atom is 1.00 e. The zero-order valence-electron chi connectivity index (χ0n) is 12.8. The predicted octanol–water partition coefficient (Wildman–Crippen LogP) is -4.08. The topological polar surface area (TPSA) is 139 Å². The molecular weight excluding hydrogens is 378 g/mol. The van der Waals surface area contributed by atoms with Crippen LogP contribution in [-0.4, -0.2) is 25.9 Å². The van der Waals surface area contributed by atoms with Gasteiger partial charge in [-0.2, -0.15) is 10.2 Å². The van der Waals surface area contributed by atoms with E-state index in [0.29, 0.717) is 11.4 Å². The first-order chi connectivity index (χ1) is 10.2. The van der Waals surface area contributed by atoms with Crippen LogP contribution in [0.1, 0.15) is 0 Å². The maximum atomic E-state index is 10.8. The second kappa shape index (κ2) is 9.53. The fourth-order valence-electron chi connectivity index (χ4n) is 1.47. The zero-order valence-corrected chi connectivity index (χ0v) is 18.4. The van der Waals surface area contributed by atoms with Crippen LogP contribution in [0.25, 0.3) is 0 Å². The largest absolute Gasteiger partial charge is 1.00 e. The van der Waals surface area contributed by atoms with Gasteiger partial charge in [-0.25, -0.2) is 16.8 Å². The third-order valence-corrected chi connectivity index (χ3v) is 4.23. The van der Waals surface area contributed by atoms with Crippen molar-refractivity contribution in [3.05, 3.63) is 48.5 Å². The molecule has 0 heterocycles. The van der Waals surface area contributed by atoms with Gasteiger partial charge in [0.15, 0.2) is 0 Å². The Bertz CT molecular complexity index is 834. The van der Waals surface area contributed by atoms with E-state index in [9.17, 15) is 25.9 Å². The van der Waals surface area contributed by atoms with Gasteiger partial charge < -0.3 is 9.11 Å². The molecule has 2 aromatic rings. The third kappa shape index (κ3) is 7.00. The van der Waals surface area contributed by atoms with Crippen LogP contribution < -0.4 is 59.1 Å². The van der Waals surface area contributed by atoms with E-state index in [1.54, 1.807) is 0 Å². The molecular formula is C12H8N2Na2O6S2. The number of rotatable bonds is 4. The van der Waals surface area contributed by atoms with Crippen LogP contribution in [0.4, 0.5) is 11.4 Å². The fraction of sp³-hybridized carbons (Fsp3) is 0. The molecule has 0 radical (unpaired) electrons. The van der Waals surface area contributed by atoms with Crippen LogP contribution in [-0.2, 0) is 20.2 Å². The number of hydrogen-bond donors (Lipinski definition) is 0. The molecule has 0 spiro atoms. The summed E-state index contributed by atoms with van der Waals surface area (Å²) in [6.07, 6.45) is 0. The fourth-order valence-corrected chi connectivity index (χ4v) is 2.41. The van der Waals surface area contributed by atoms with Crippen molar-refractivity contribution in [1.29, 1.82) is 0 Å². The van der Waals surface area contributed by atoms with Gasteiger partial charge in [0.2, 0.25) is 0 Å². The van der Waals surface area contributed by atoms with Crippen LogP contribution in [0.2, 0.25) is 0 Å². The molecule has 0 aliphatic carbocycles. The normalized spacial score (nSPS) is 11.6. The number of benzene rings is 2. The van der Waals surface area contributed by atoms with Crippen LogP contribution >= 0.6 is 0 Å². The van der Waals surface area contributed by atoms with Crippen molar-refractivity contribution in [1.82, 2.24) is 0 Å². The van der Waals surface area contributed by atoms with Crippen molar-refractivity contribution in [3.8, 4) is 0 Å². The third-order valence-electron chi connectivity index (χ3n) is 2.53. The Morgan fingerprint density at radius 2 is 0.833 bits per heavy atom. The van der Waals surface area contributed by atoms with Gasteiger partial charge in [0, 0.05) is 0 Å². The van der Waals surface area contributed by atoms with E-state index in [4.69, 9.17) is 0 Å². The molecule has 0 unspecified atom stereocenters. The van der Waals surface area contributed by atoms with Gasteiger partial charge in [-0.15, -0.1) is 0 Å². The van der Waals surface area contributed by atoms with Crippen molar-refractivity contribution < 1.29 is 85.1 Å². The summed E-state index contributed by atoms with van der Waals surface area (Å²) in [6, 6.07) is 9.59. The minimum absolute atomic E-state index is 0. The molecule has 12 heteroatoms. The number of hydrogen-bond acceptors (Lipinski definition) is 8. The molecule has 2 aromatic carbocycles. The molecule has 0 aliphatic rings. The first kappa shape index (κ1) is 23.9. The molecule has 0 aromatic heterocycles. The molecule has 2 rings (SSSR count). The van der Waals surface area contributed by atoms with E-state index < -0.39 is 20.2 Å². The van der Waals surface area contributed by atoms with Crippen molar-refractivity contribution in [3.63, 3.8) is 0 Å². The van der Waals surface area contributed by atoms with Crippen molar-refractivity contribution >= 4 is 31.6 Å². The first-order valence-corrected chi connectivity index (χ1v) is 8.51. The smallest absolute Gasteiger partial charge is 0.744 e. The Morgan fingerprint density at radius 3 is 1.04 bits per heavy atom. The molecule has 24 heavy (non-hydrogen) atoms. The summed E-state index contributed by atoms with van der Waals surface area (Å²) in [5.41, 5.74) is 0.598. The van der Waals surface area contributed by atoms with Gasteiger partial charge >= 0.3 is 59.1 Å². The average Bonchev–Trinajstić information content (AvgIpc) is 2.44. The predicted molar refractivity (Wildman–Crippen MR) is 73.0 cm³/mol. The van der Waals surface area contributed by atoms with Crippen molar-refractivity contribution in [2.24, 2.45) is 10.2 Å². The van der Waals surface area contributed by atoms with Crippen LogP contribution in [0.3, 0.4) is 0 Å². The van der Waals surface area contributed by atoms with E-state index in [1.807, 2.05) is 0 Å². The molecule has 0 saturated carbocycles. The minimum Gasteiger partial charge on any atom is -0.744 e. The van der Waals surface area contributed by atoms with Crippen LogP contribution in [0.5, 0.6) is 0 Å². The van der Waals surface area contributed by atoms with Crippen molar-refractivity contribution in [2.75, 3.05) is 0 Å². The van der Waals surface area contributed by atoms with Gasteiger partial charge in [0.1, 0.15) is 20.2 Å². The molecule has 8 nitrogen and oxygen atoms in total. The SMILES string of the molecule is O=S(=O)([O-])c1ccc(N=Nc2ccc(S(=O)(=O)[O-])cc2)cc1.[Na+].[Na+]. The van der Waals surface area contributed by atoms with Crippen LogP contribution in [0.15, 0.2) is 68.6 Å². The molecule has 0 atom stereocenters. The van der Waals surface area contributed by atoms with E-state index in [2.05, 4.69) is 10.2 Å². The quantitative estimate of drug-likeness (QED) is 0.297. The van der Waals surface area contributed by atoms with E-state index in [1.165, 1.54) is 24.3 Å². The standard InChI is InChI=1S/C12H10N2O6S2.2Na/c15-21(16,17)11-5-1-9(2-6-11)13-14-10-3-7-12(8-4-10)22(18,19)20;;/h1-8H,(H,15,16,17)(H,18,19,20);;/q;2*+1/p-2. The number of nitrogens with zero attached hydrogens (tertiary/aromatic N) is 2. The minimum atomic E-state index is -4.51. The van der Waals surface area contributed by atoms with E-state index in [0.717, 1.165) is 24.3 Å². The molecule has 0 N–H and O–H groups in total. The second-order valence-corrected chi connectivity index (χ2v) is 6.86. The molecule has 0 bridgehead atoms. The molecule has 116 valence electrons.